The summed E-state index contributed by atoms with van der Waals surface area (Å²) in [5, 5.41) is 0. The van der Waals surface area contributed by atoms with Crippen LogP contribution in [0.3, 0.4) is 0 Å². The number of ether oxygens (including phenoxy) is 1. The lowest BCUT2D eigenvalue weighted by Gasteiger charge is -2.31. The van der Waals surface area contributed by atoms with Gasteiger partial charge >= 0.3 is 0 Å². The molecule has 0 aliphatic carbocycles. The largest absolute Gasteiger partial charge is 0.453 e. The van der Waals surface area contributed by atoms with Gasteiger partial charge in [0.25, 0.3) is 0 Å². The van der Waals surface area contributed by atoms with Gasteiger partial charge in [0.2, 0.25) is 0 Å². The Hall–Kier alpha value is -5.13. The quantitative estimate of drug-likeness (QED) is 0.196. The van der Waals surface area contributed by atoms with Crippen molar-refractivity contribution in [3.63, 3.8) is 0 Å². The zero-order valence-corrected chi connectivity index (χ0v) is 26.2. The number of hydrogen-bond donors (Lipinski definition) is 0. The molecule has 3 aliphatic heterocycles. The highest BCUT2D eigenvalue weighted by molar-refractivity contribution is 7.99. The Morgan fingerprint density at radius 2 is 1.02 bits per heavy atom. The highest BCUT2D eigenvalue weighted by Gasteiger charge is 2.25. The molecule has 0 radical (unpaired) electrons. The van der Waals surface area contributed by atoms with Crippen molar-refractivity contribution in [3.8, 4) is 33.8 Å². The van der Waals surface area contributed by atoms with Crippen molar-refractivity contribution >= 4 is 45.9 Å². The second-order valence-corrected chi connectivity index (χ2v) is 13.1. The summed E-state index contributed by atoms with van der Waals surface area (Å²) >= 11 is 1.84. The second-order valence-electron chi connectivity index (χ2n) is 12.0. The van der Waals surface area contributed by atoms with Gasteiger partial charge < -0.3 is 19.4 Å². The minimum atomic E-state index is 0.870. The van der Waals surface area contributed by atoms with E-state index in [-0.39, 0.29) is 0 Å². The third-order valence-corrected chi connectivity index (χ3v) is 10.6. The van der Waals surface area contributed by atoms with E-state index in [1.807, 2.05) is 11.8 Å². The van der Waals surface area contributed by atoms with E-state index in [1.54, 1.807) is 0 Å². The lowest BCUT2D eigenvalue weighted by Crippen LogP contribution is -2.18. The number of para-hydroxylation sites is 2. The average molecular weight is 602 g/mol. The number of rotatable bonds is 2. The molecule has 3 aliphatic rings. The van der Waals surface area contributed by atoms with Gasteiger partial charge in [-0.1, -0.05) is 66.4 Å². The molecule has 218 valence electrons. The highest BCUT2D eigenvalue weighted by atomic mass is 32.2. The van der Waals surface area contributed by atoms with Gasteiger partial charge in [-0.3, -0.25) is 0 Å². The molecule has 5 heteroatoms. The summed E-state index contributed by atoms with van der Waals surface area (Å²) in [5.41, 5.74) is 14.6. The predicted molar refractivity (Wildman–Crippen MR) is 188 cm³/mol. The topological polar surface area (TPSA) is 19.0 Å². The molecule has 45 heavy (non-hydrogen) atoms. The van der Waals surface area contributed by atoms with Crippen molar-refractivity contribution < 1.29 is 4.74 Å². The Balaban J connectivity index is 1.01. The van der Waals surface area contributed by atoms with Crippen LogP contribution in [0.25, 0.3) is 22.3 Å². The van der Waals surface area contributed by atoms with E-state index in [4.69, 9.17) is 4.74 Å². The first-order valence-electron chi connectivity index (χ1n) is 15.3. The first-order valence-corrected chi connectivity index (χ1v) is 16.1. The molecule has 0 saturated carbocycles. The van der Waals surface area contributed by atoms with Crippen molar-refractivity contribution in [2.24, 2.45) is 0 Å². The maximum Gasteiger partial charge on any atom is 0.151 e. The van der Waals surface area contributed by atoms with Gasteiger partial charge in [-0.2, -0.15) is 0 Å². The molecule has 0 unspecified atom stereocenters. The number of benzene rings is 6. The number of anilines is 6. The van der Waals surface area contributed by atoms with Crippen LogP contribution in [0.2, 0.25) is 0 Å². The predicted octanol–water partition coefficient (Wildman–Crippen LogP) is 10.8. The van der Waals surface area contributed by atoms with Crippen molar-refractivity contribution in [3.05, 3.63) is 132 Å². The van der Waals surface area contributed by atoms with Crippen LogP contribution in [-0.4, -0.2) is 21.1 Å². The van der Waals surface area contributed by atoms with E-state index in [0.29, 0.717) is 0 Å². The third kappa shape index (κ3) is 4.15. The van der Waals surface area contributed by atoms with E-state index in [2.05, 4.69) is 157 Å². The molecule has 9 rings (SSSR count). The van der Waals surface area contributed by atoms with E-state index in [1.165, 1.54) is 60.4 Å². The van der Waals surface area contributed by atoms with Crippen molar-refractivity contribution in [2.45, 2.75) is 16.2 Å². The van der Waals surface area contributed by atoms with Crippen LogP contribution in [0.4, 0.5) is 34.1 Å². The van der Waals surface area contributed by atoms with Gasteiger partial charge in [0.1, 0.15) is 0 Å². The molecular weight excluding hydrogens is 571 g/mol. The van der Waals surface area contributed by atoms with Crippen LogP contribution in [0.15, 0.2) is 131 Å². The smallest absolute Gasteiger partial charge is 0.151 e. The van der Waals surface area contributed by atoms with E-state index >= 15 is 0 Å². The summed E-state index contributed by atoms with van der Waals surface area (Å²) in [7, 11) is 6.44. The molecule has 6 aromatic carbocycles. The average Bonchev–Trinajstić information content (AvgIpc) is 3.08. The van der Waals surface area contributed by atoms with Crippen LogP contribution in [-0.2, 0) is 6.42 Å². The molecule has 3 heterocycles. The molecule has 4 nitrogen and oxygen atoms in total. The second kappa shape index (κ2) is 9.94. The van der Waals surface area contributed by atoms with E-state index in [9.17, 15) is 0 Å². The van der Waals surface area contributed by atoms with Crippen molar-refractivity contribution in [2.75, 3.05) is 35.8 Å². The maximum atomic E-state index is 6.56. The summed E-state index contributed by atoms with van der Waals surface area (Å²) in [4.78, 5) is 9.41. The lowest BCUT2D eigenvalue weighted by molar-refractivity contribution is 0.476. The Morgan fingerprint density at radius 1 is 0.444 bits per heavy atom. The Morgan fingerprint density at radius 3 is 1.89 bits per heavy atom. The minimum absolute atomic E-state index is 0.870. The van der Waals surface area contributed by atoms with Crippen LogP contribution in [0.1, 0.15) is 11.1 Å². The lowest BCUT2D eigenvalue weighted by atomic mass is 9.92. The summed E-state index contributed by atoms with van der Waals surface area (Å²) < 4.78 is 6.56. The van der Waals surface area contributed by atoms with Crippen LogP contribution >= 0.6 is 11.8 Å². The van der Waals surface area contributed by atoms with Gasteiger partial charge in [-0.15, -0.1) is 0 Å². The van der Waals surface area contributed by atoms with Crippen molar-refractivity contribution in [1.29, 1.82) is 0 Å². The van der Waals surface area contributed by atoms with Crippen molar-refractivity contribution in [1.82, 2.24) is 0 Å². The minimum Gasteiger partial charge on any atom is -0.453 e. The fourth-order valence-corrected chi connectivity index (χ4v) is 8.15. The van der Waals surface area contributed by atoms with Gasteiger partial charge in [0.15, 0.2) is 11.5 Å². The summed E-state index contributed by atoms with van der Waals surface area (Å²) in [6.45, 7) is 0. The first-order chi connectivity index (χ1) is 22.0. The molecule has 0 fully saturated rings. The zero-order valence-electron chi connectivity index (χ0n) is 25.4. The number of nitrogens with zero attached hydrogens (tertiary/aromatic N) is 3. The molecule has 0 spiro atoms. The molecule has 6 aromatic rings. The standard InChI is InChI=1S/C40H31N3OS/c1-41-31-9-5-4-8-29(31)21-30-20-25(12-16-32(30)41)28-13-17-33-38(24-28)44-37-18-14-26(22-35(37)42(33)2)27-15-19-40-36(23-27)43(3)34-10-6-7-11-39(34)45-40/h4-20,22-24H,21H2,1-3H3. The van der Waals surface area contributed by atoms with Crippen LogP contribution in [0, 0.1) is 0 Å². The summed E-state index contributed by atoms with van der Waals surface area (Å²) in [6.07, 6.45) is 0.941. The Kier molecular flexibility index (Phi) is 5.81. The summed E-state index contributed by atoms with van der Waals surface area (Å²) in [5.74, 6) is 1.75. The molecule has 0 saturated heterocycles. The molecule has 0 bridgehead atoms. The van der Waals surface area contributed by atoms with Gasteiger partial charge in [-0.25, -0.2) is 0 Å². The normalized spacial score (nSPS) is 14.0. The Bertz CT molecular complexity index is 2170. The molecule has 0 aromatic heterocycles. The van der Waals surface area contributed by atoms with E-state index < -0.39 is 0 Å². The fraction of sp³-hybridized carbons (Fsp3) is 0.100. The summed E-state index contributed by atoms with van der Waals surface area (Å²) in [6, 6.07) is 44.0. The third-order valence-electron chi connectivity index (χ3n) is 9.47. The van der Waals surface area contributed by atoms with Gasteiger partial charge in [-0.05, 0) is 100 Å². The molecule has 0 amide bonds. The van der Waals surface area contributed by atoms with Gasteiger partial charge in [0, 0.05) is 48.7 Å². The molecule has 0 N–H and O–H groups in total. The highest BCUT2D eigenvalue weighted by Crippen LogP contribution is 2.51. The van der Waals surface area contributed by atoms with Gasteiger partial charge in [0.05, 0.1) is 22.7 Å². The maximum absolute atomic E-state index is 6.56. The SMILES string of the molecule is CN1c2ccccc2Cc2cc(-c3ccc4c(c3)Oc3ccc(-c5ccc6c(c5)N(C)c5ccccc5S6)cc3N4C)ccc21. The fourth-order valence-electron chi connectivity index (χ4n) is 7.02. The number of fused-ring (bicyclic) bond motifs is 6. The molecular formula is C40H31N3OS. The molecule has 0 atom stereocenters. The van der Waals surface area contributed by atoms with E-state index in [0.717, 1.165) is 34.9 Å². The zero-order chi connectivity index (χ0) is 30.2. The Labute approximate surface area is 268 Å². The monoisotopic (exact) mass is 601 g/mol. The first kappa shape index (κ1) is 26.3. The van der Waals surface area contributed by atoms with Crippen LogP contribution < -0.4 is 19.4 Å². The van der Waals surface area contributed by atoms with Crippen LogP contribution in [0.5, 0.6) is 11.5 Å². The number of hydrogen-bond acceptors (Lipinski definition) is 5.